The van der Waals surface area contributed by atoms with Crippen LogP contribution in [-0.4, -0.2) is 57.6 Å². The summed E-state index contributed by atoms with van der Waals surface area (Å²) in [5.41, 5.74) is 0. The third-order valence-electron chi connectivity index (χ3n) is 2.98. The predicted octanol–water partition coefficient (Wildman–Crippen LogP) is 1.73. The van der Waals surface area contributed by atoms with Crippen LogP contribution in [0.5, 0.6) is 0 Å². The van der Waals surface area contributed by atoms with E-state index in [1.54, 1.807) is 0 Å². The van der Waals surface area contributed by atoms with Gasteiger partial charge in [0.2, 0.25) is 0 Å². The SMILES string of the molecule is OCCOCCOCCCCCOC1CCCCO1. The van der Waals surface area contributed by atoms with Crippen molar-refractivity contribution in [3.63, 3.8) is 0 Å². The maximum Gasteiger partial charge on any atom is 0.157 e. The normalized spacial score (nSPS) is 19.7. The number of aliphatic hydroxyl groups excluding tert-OH is 1. The van der Waals surface area contributed by atoms with Crippen molar-refractivity contribution >= 4 is 0 Å². The highest BCUT2D eigenvalue weighted by molar-refractivity contribution is 4.54. The average Bonchev–Trinajstić information content (AvgIpc) is 2.46. The molecule has 0 aromatic heterocycles. The summed E-state index contributed by atoms with van der Waals surface area (Å²) in [7, 11) is 0. The molecule has 19 heavy (non-hydrogen) atoms. The minimum absolute atomic E-state index is 0.0358. The lowest BCUT2D eigenvalue weighted by atomic mass is 10.2. The lowest BCUT2D eigenvalue weighted by Crippen LogP contribution is -2.22. The van der Waals surface area contributed by atoms with E-state index in [2.05, 4.69) is 0 Å². The molecule has 5 nitrogen and oxygen atoms in total. The average molecular weight is 276 g/mol. The molecule has 1 N–H and O–H groups in total. The summed E-state index contributed by atoms with van der Waals surface area (Å²) in [4.78, 5) is 0. The van der Waals surface area contributed by atoms with E-state index in [-0.39, 0.29) is 12.9 Å². The van der Waals surface area contributed by atoms with Gasteiger partial charge in [-0.3, -0.25) is 0 Å². The van der Waals surface area contributed by atoms with Crippen LogP contribution in [0.1, 0.15) is 38.5 Å². The Morgan fingerprint density at radius 2 is 1.68 bits per heavy atom. The summed E-state index contributed by atoms with van der Waals surface area (Å²) in [6.45, 7) is 4.02. The zero-order valence-electron chi connectivity index (χ0n) is 11.8. The molecule has 0 spiro atoms. The number of ether oxygens (including phenoxy) is 4. The van der Waals surface area contributed by atoms with Gasteiger partial charge in [0.05, 0.1) is 26.4 Å². The van der Waals surface area contributed by atoms with Crippen molar-refractivity contribution in [1.82, 2.24) is 0 Å². The van der Waals surface area contributed by atoms with Crippen molar-refractivity contribution in [2.45, 2.75) is 44.8 Å². The molecule has 0 aliphatic carbocycles. The Morgan fingerprint density at radius 3 is 2.42 bits per heavy atom. The van der Waals surface area contributed by atoms with Gasteiger partial charge in [-0.15, -0.1) is 0 Å². The van der Waals surface area contributed by atoms with E-state index in [1.807, 2.05) is 0 Å². The van der Waals surface area contributed by atoms with Crippen LogP contribution < -0.4 is 0 Å². The smallest absolute Gasteiger partial charge is 0.157 e. The van der Waals surface area contributed by atoms with Gasteiger partial charge in [-0.25, -0.2) is 0 Å². The van der Waals surface area contributed by atoms with Crippen molar-refractivity contribution in [3.8, 4) is 0 Å². The molecule has 0 amide bonds. The molecule has 0 aromatic rings. The molecule has 0 bridgehead atoms. The van der Waals surface area contributed by atoms with E-state index in [1.165, 1.54) is 12.8 Å². The van der Waals surface area contributed by atoms with Crippen molar-refractivity contribution < 1.29 is 24.1 Å². The third-order valence-corrected chi connectivity index (χ3v) is 2.98. The maximum atomic E-state index is 8.50. The van der Waals surface area contributed by atoms with Gasteiger partial charge in [0.25, 0.3) is 0 Å². The number of rotatable bonds is 12. The Balaban J connectivity index is 1.71. The first-order chi connectivity index (χ1) is 9.43. The van der Waals surface area contributed by atoms with Crippen molar-refractivity contribution in [3.05, 3.63) is 0 Å². The molecule has 0 radical (unpaired) electrons. The fraction of sp³-hybridized carbons (Fsp3) is 1.00. The second-order valence-corrected chi connectivity index (χ2v) is 4.68. The molecule has 1 saturated heterocycles. The van der Waals surface area contributed by atoms with Crippen LogP contribution >= 0.6 is 0 Å². The Morgan fingerprint density at radius 1 is 0.895 bits per heavy atom. The quantitative estimate of drug-likeness (QED) is 0.550. The standard InChI is InChI=1S/C14H28O5/c15-7-11-17-13-12-16-8-3-1-4-9-18-14-6-2-5-10-19-14/h14-15H,1-13H2. The first kappa shape index (κ1) is 16.9. The molecule has 1 rings (SSSR count). The van der Waals surface area contributed by atoms with Crippen LogP contribution in [0.4, 0.5) is 0 Å². The molecule has 1 unspecified atom stereocenters. The molecule has 1 aliphatic heterocycles. The maximum absolute atomic E-state index is 8.50. The zero-order valence-corrected chi connectivity index (χ0v) is 11.8. The lowest BCUT2D eigenvalue weighted by molar-refractivity contribution is -0.162. The van der Waals surface area contributed by atoms with Gasteiger partial charge in [-0.2, -0.15) is 0 Å². The summed E-state index contributed by atoms with van der Waals surface area (Å²) in [6, 6.07) is 0. The summed E-state index contributed by atoms with van der Waals surface area (Å²) in [5.74, 6) is 0. The van der Waals surface area contributed by atoms with Crippen LogP contribution in [0.25, 0.3) is 0 Å². The van der Waals surface area contributed by atoms with Crippen LogP contribution in [0.2, 0.25) is 0 Å². The van der Waals surface area contributed by atoms with E-state index in [9.17, 15) is 0 Å². The number of hydrogen-bond acceptors (Lipinski definition) is 5. The molecule has 0 saturated carbocycles. The minimum atomic E-state index is 0.0358. The molecule has 114 valence electrons. The van der Waals surface area contributed by atoms with Crippen LogP contribution in [0.15, 0.2) is 0 Å². The monoisotopic (exact) mass is 276 g/mol. The topological polar surface area (TPSA) is 57.2 Å². The number of aliphatic hydroxyl groups is 1. The van der Waals surface area contributed by atoms with E-state index in [0.29, 0.717) is 19.8 Å². The zero-order chi connectivity index (χ0) is 13.6. The summed E-state index contributed by atoms with van der Waals surface area (Å²) >= 11 is 0. The van der Waals surface area contributed by atoms with E-state index < -0.39 is 0 Å². The molecular weight excluding hydrogens is 248 g/mol. The first-order valence-electron chi connectivity index (χ1n) is 7.43. The fourth-order valence-electron chi connectivity index (χ4n) is 1.93. The molecule has 1 fully saturated rings. The van der Waals surface area contributed by atoms with Crippen molar-refractivity contribution in [1.29, 1.82) is 0 Å². The lowest BCUT2D eigenvalue weighted by Gasteiger charge is -2.22. The van der Waals surface area contributed by atoms with Crippen molar-refractivity contribution in [2.75, 3.05) is 46.2 Å². The minimum Gasteiger partial charge on any atom is -0.394 e. The number of unbranched alkanes of at least 4 members (excludes halogenated alkanes) is 2. The predicted molar refractivity (Wildman–Crippen MR) is 72.1 cm³/mol. The highest BCUT2D eigenvalue weighted by Gasteiger charge is 2.13. The van der Waals surface area contributed by atoms with Gasteiger partial charge in [0, 0.05) is 19.8 Å². The summed E-state index contributed by atoms with van der Waals surface area (Å²) in [6.07, 6.45) is 6.68. The van der Waals surface area contributed by atoms with Gasteiger partial charge in [0.1, 0.15) is 0 Å². The Bertz CT molecular complexity index is 183. The van der Waals surface area contributed by atoms with Gasteiger partial charge < -0.3 is 24.1 Å². The van der Waals surface area contributed by atoms with Crippen LogP contribution in [0, 0.1) is 0 Å². The van der Waals surface area contributed by atoms with Gasteiger partial charge >= 0.3 is 0 Å². The third kappa shape index (κ3) is 10.3. The Kier molecular flexibility index (Phi) is 11.4. The molecular formula is C14H28O5. The van der Waals surface area contributed by atoms with E-state index >= 15 is 0 Å². The van der Waals surface area contributed by atoms with Gasteiger partial charge in [0.15, 0.2) is 6.29 Å². The Hall–Kier alpha value is -0.200. The largest absolute Gasteiger partial charge is 0.394 e. The van der Waals surface area contributed by atoms with Crippen LogP contribution in [-0.2, 0) is 18.9 Å². The highest BCUT2D eigenvalue weighted by atomic mass is 16.7. The fourth-order valence-corrected chi connectivity index (χ4v) is 1.93. The van der Waals surface area contributed by atoms with Crippen LogP contribution in [0.3, 0.4) is 0 Å². The van der Waals surface area contributed by atoms with E-state index in [4.69, 9.17) is 24.1 Å². The highest BCUT2D eigenvalue weighted by Crippen LogP contribution is 2.14. The molecule has 1 heterocycles. The first-order valence-corrected chi connectivity index (χ1v) is 7.43. The molecule has 5 heteroatoms. The van der Waals surface area contributed by atoms with Gasteiger partial charge in [-0.05, 0) is 38.5 Å². The summed E-state index contributed by atoms with van der Waals surface area (Å²) < 4.78 is 21.6. The van der Waals surface area contributed by atoms with Gasteiger partial charge in [-0.1, -0.05) is 0 Å². The molecule has 1 atom stereocenters. The Labute approximate surface area is 116 Å². The molecule has 1 aliphatic rings. The summed E-state index contributed by atoms with van der Waals surface area (Å²) in [5, 5.41) is 8.50. The van der Waals surface area contributed by atoms with Crippen molar-refractivity contribution in [2.24, 2.45) is 0 Å². The second kappa shape index (κ2) is 12.8. The van der Waals surface area contributed by atoms with E-state index in [0.717, 1.165) is 45.5 Å². The number of hydrogen-bond donors (Lipinski definition) is 1. The second-order valence-electron chi connectivity index (χ2n) is 4.68. The molecule has 0 aromatic carbocycles.